The molecular formula is C24H32N6OS. The van der Waals surface area contributed by atoms with Crippen molar-refractivity contribution in [1.82, 2.24) is 15.0 Å². The molecule has 0 unspecified atom stereocenters. The molecule has 0 spiro atoms. The minimum absolute atomic E-state index is 0.362. The third kappa shape index (κ3) is 7.30. The number of ether oxygens (including phenoxy) is 1. The SMILES string of the molecule is CCCN(CCC)c1cc(/C=N/Nc2ccc(CC)s2)nc(OCCc2ccccn2)n1. The molecule has 0 aromatic carbocycles. The van der Waals surface area contributed by atoms with E-state index in [1.165, 1.54) is 4.88 Å². The van der Waals surface area contributed by atoms with Gasteiger partial charge in [-0.15, -0.1) is 11.3 Å². The molecule has 0 amide bonds. The quantitative estimate of drug-likeness (QED) is 0.284. The van der Waals surface area contributed by atoms with Crippen molar-refractivity contribution in [2.24, 2.45) is 5.10 Å². The summed E-state index contributed by atoms with van der Waals surface area (Å²) in [7, 11) is 0. The summed E-state index contributed by atoms with van der Waals surface area (Å²) in [6.45, 7) is 8.82. The third-order valence-electron chi connectivity index (χ3n) is 4.72. The summed E-state index contributed by atoms with van der Waals surface area (Å²) in [5.74, 6) is 0.863. The number of thiophene rings is 1. The van der Waals surface area contributed by atoms with E-state index >= 15 is 0 Å². The minimum atomic E-state index is 0.362. The first-order valence-corrected chi connectivity index (χ1v) is 12.1. The van der Waals surface area contributed by atoms with E-state index in [1.54, 1.807) is 23.7 Å². The number of aromatic nitrogens is 3. The van der Waals surface area contributed by atoms with Crippen molar-refractivity contribution in [1.29, 1.82) is 0 Å². The Bertz CT molecular complexity index is 970. The van der Waals surface area contributed by atoms with Gasteiger partial charge in [0.05, 0.1) is 18.5 Å². The predicted molar refractivity (Wildman–Crippen MR) is 133 cm³/mol. The Hall–Kier alpha value is -3.00. The molecule has 0 aliphatic rings. The molecule has 3 aromatic heterocycles. The highest BCUT2D eigenvalue weighted by Crippen LogP contribution is 2.22. The van der Waals surface area contributed by atoms with E-state index in [2.05, 4.69) is 57.2 Å². The molecule has 1 N–H and O–H groups in total. The smallest absolute Gasteiger partial charge is 0.318 e. The van der Waals surface area contributed by atoms with Crippen LogP contribution >= 0.6 is 11.3 Å². The number of nitrogens with zero attached hydrogens (tertiary/aromatic N) is 5. The predicted octanol–water partition coefficient (Wildman–Crippen LogP) is 5.19. The molecule has 8 heteroatoms. The molecule has 3 heterocycles. The molecule has 0 radical (unpaired) electrons. The van der Waals surface area contributed by atoms with Crippen LogP contribution in [0.2, 0.25) is 0 Å². The average Bonchev–Trinajstić information content (AvgIpc) is 3.28. The number of hydrogen-bond donors (Lipinski definition) is 1. The second-order valence-corrected chi connectivity index (χ2v) is 8.50. The van der Waals surface area contributed by atoms with Crippen LogP contribution < -0.4 is 15.1 Å². The summed E-state index contributed by atoms with van der Waals surface area (Å²) in [5.41, 5.74) is 4.79. The third-order valence-corrected chi connectivity index (χ3v) is 5.85. The lowest BCUT2D eigenvalue weighted by Crippen LogP contribution is -2.26. The van der Waals surface area contributed by atoms with Crippen LogP contribution in [-0.4, -0.2) is 40.9 Å². The van der Waals surface area contributed by atoms with Crippen LogP contribution in [0.4, 0.5) is 10.8 Å². The maximum absolute atomic E-state index is 5.91. The van der Waals surface area contributed by atoms with Crippen LogP contribution in [0.1, 0.15) is 49.9 Å². The lowest BCUT2D eigenvalue weighted by molar-refractivity contribution is 0.295. The van der Waals surface area contributed by atoms with Crippen LogP contribution in [0.25, 0.3) is 0 Å². The number of aryl methyl sites for hydroxylation is 1. The van der Waals surface area contributed by atoms with Crippen molar-refractivity contribution in [3.8, 4) is 6.01 Å². The first kappa shape index (κ1) is 23.7. The van der Waals surface area contributed by atoms with Gasteiger partial charge in [0, 0.05) is 42.3 Å². The standard InChI is InChI=1S/C24H32N6OS/c1-4-14-30(15-5-2)22-17-20(18-26-29-23-11-10-21(6-3)32-23)27-24(28-22)31-16-12-19-9-7-8-13-25-19/h7-11,13,17-18,29H,4-6,12,14-16H2,1-3H3/b26-18+. The van der Waals surface area contributed by atoms with Crippen molar-refractivity contribution in [2.45, 2.75) is 46.5 Å². The van der Waals surface area contributed by atoms with E-state index in [-0.39, 0.29) is 0 Å². The zero-order valence-corrected chi connectivity index (χ0v) is 19.9. The lowest BCUT2D eigenvalue weighted by atomic mass is 10.3. The maximum Gasteiger partial charge on any atom is 0.318 e. The minimum Gasteiger partial charge on any atom is -0.463 e. The summed E-state index contributed by atoms with van der Waals surface area (Å²) in [5, 5.41) is 5.39. The molecular weight excluding hydrogens is 420 g/mol. The van der Waals surface area contributed by atoms with Gasteiger partial charge < -0.3 is 9.64 Å². The maximum atomic E-state index is 5.91. The van der Waals surface area contributed by atoms with Gasteiger partial charge in [0.2, 0.25) is 0 Å². The Kier molecular flexibility index (Phi) is 9.43. The number of pyridine rings is 1. The van der Waals surface area contributed by atoms with Crippen LogP contribution in [0, 0.1) is 0 Å². The molecule has 7 nitrogen and oxygen atoms in total. The molecule has 3 rings (SSSR count). The fourth-order valence-corrected chi connectivity index (χ4v) is 3.98. The number of rotatable bonds is 13. The van der Waals surface area contributed by atoms with E-state index in [4.69, 9.17) is 4.74 Å². The van der Waals surface area contributed by atoms with E-state index in [0.29, 0.717) is 24.7 Å². The van der Waals surface area contributed by atoms with Crippen molar-refractivity contribution < 1.29 is 4.74 Å². The van der Waals surface area contributed by atoms with Crippen molar-refractivity contribution >= 4 is 28.4 Å². The van der Waals surface area contributed by atoms with Crippen LogP contribution in [0.15, 0.2) is 47.7 Å². The topological polar surface area (TPSA) is 75.5 Å². The Morgan fingerprint density at radius 2 is 1.94 bits per heavy atom. The molecule has 0 bridgehead atoms. The highest BCUT2D eigenvalue weighted by atomic mass is 32.1. The van der Waals surface area contributed by atoms with E-state index in [0.717, 1.165) is 48.9 Å². The van der Waals surface area contributed by atoms with Gasteiger partial charge >= 0.3 is 6.01 Å². The summed E-state index contributed by atoms with van der Waals surface area (Å²) < 4.78 is 5.91. The molecule has 0 aliphatic carbocycles. The number of anilines is 2. The second-order valence-electron chi connectivity index (χ2n) is 7.33. The van der Waals surface area contributed by atoms with Crippen molar-refractivity contribution in [3.05, 3.63) is 58.9 Å². The number of hydrogen-bond acceptors (Lipinski definition) is 8. The van der Waals surface area contributed by atoms with E-state index < -0.39 is 0 Å². The molecule has 0 saturated heterocycles. The molecule has 0 aliphatic heterocycles. The van der Waals surface area contributed by atoms with E-state index in [1.807, 2.05) is 30.3 Å². The Balaban J connectivity index is 1.74. The van der Waals surface area contributed by atoms with Gasteiger partial charge in [-0.05, 0) is 43.5 Å². The van der Waals surface area contributed by atoms with Crippen LogP contribution in [-0.2, 0) is 12.8 Å². The molecule has 0 fully saturated rings. The van der Waals surface area contributed by atoms with Crippen LogP contribution in [0.5, 0.6) is 6.01 Å². The zero-order valence-electron chi connectivity index (χ0n) is 19.1. The molecule has 32 heavy (non-hydrogen) atoms. The zero-order chi connectivity index (χ0) is 22.6. The molecule has 170 valence electrons. The second kappa shape index (κ2) is 12.8. The van der Waals surface area contributed by atoms with Gasteiger partial charge in [-0.3, -0.25) is 10.4 Å². The summed E-state index contributed by atoms with van der Waals surface area (Å²) in [4.78, 5) is 17.2. The van der Waals surface area contributed by atoms with Crippen molar-refractivity contribution in [3.63, 3.8) is 0 Å². The normalized spacial score (nSPS) is 11.1. The first-order chi connectivity index (χ1) is 15.7. The Morgan fingerprint density at radius 3 is 2.62 bits per heavy atom. The van der Waals surface area contributed by atoms with Gasteiger partial charge in [0.15, 0.2) is 0 Å². The van der Waals surface area contributed by atoms with Crippen LogP contribution in [0.3, 0.4) is 0 Å². The monoisotopic (exact) mass is 452 g/mol. The van der Waals surface area contributed by atoms with E-state index in [9.17, 15) is 0 Å². The lowest BCUT2D eigenvalue weighted by Gasteiger charge is -2.23. The van der Waals surface area contributed by atoms with Gasteiger partial charge in [-0.1, -0.05) is 26.8 Å². The Labute approximate surface area is 194 Å². The van der Waals surface area contributed by atoms with Crippen molar-refractivity contribution in [2.75, 3.05) is 30.0 Å². The summed E-state index contributed by atoms with van der Waals surface area (Å²) >= 11 is 1.70. The van der Waals surface area contributed by atoms with Gasteiger partial charge in [0.25, 0.3) is 0 Å². The van der Waals surface area contributed by atoms with Gasteiger partial charge in [-0.25, -0.2) is 0 Å². The highest BCUT2D eigenvalue weighted by Gasteiger charge is 2.11. The number of hydrazone groups is 1. The highest BCUT2D eigenvalue weighted by molar-refractivity contribution is 7.16. The summed E-state index contributed by atoms with van der Waals surface area (Å²) in [6, 6.07) is 12.4. The number of nitrogens with one attached hydrogen (secondary N) is 1. The molecule has 0 saturated carbocycles. The average molecular weight is 453 g/mol. The fraction of sp³-hybridized carbons (Fsp3) is 0.417. The van der Waals surface area contributed by atoms with Gasteiger partial charge in [-0.2, -0.15) is 15.1 Å². The van der Waals surface area contributed by atoms with Gasteiger partial charge in [0.1, 0.15) is 10.8 Å². The molecule has 3 aromatic rings. The molecule has 0 atom stereocenters. The summed E-state index contributed by atoms with van der Waals surface area (Å²) in [6.07, 6.45) is 7.32. The Morgan fingerprint density at radius 1 is 1.09 bits per heavy atom. The first-order valence-electron chi connectivity index (χ1n) is 11.3. The fourth-order valence-electron chi connectivity index (χ4n) is 3.19. The largest absolute Gasteiger partial charge is 0.463 e.